The standard InChI is InChI=1S/C14H18O4/c1-8(2)17-11-6-5-9-10(15)7-14(3,4)18-13(9)12(11)16/h5-6,8,16H,7H2,1-4H3. The van der Waals surface area contributed by atoms with Crippen LogP contribution in [0.1, 0.15) is 44.5 Å². The second-order valence-corrected chi connectivity index (χ2v) is 5.42. The first-order chi connectivity index (χ1) is 8.30. The van der Waals surface area contributed by atoms with Crippen LogP contribution in [0, 0.1) is 0 Å². The number of aromatic hydroxyl groups is 1. The van der Waals surface area contributed by atoms with Crippen LogP contribution < -0.4 is 9.47 Å². The van der Waals surface area contributed by atoms with Gasteiger partial charge in [0.25, 0.3) is 0 Å². The highest BCUT2D eigenvalue weighted by atomic mass is 16.5. The lowest BCUT2D eigenvalue weighted by Crippen LogP contribution is -2.35. The summed E-state index contributed by atoms with van der Waals surface area (Å²) in [6.45, 7) is 7.39. The summed E-state index contributed by atoms with van der Waals surface area (Å²) >= 11 is 0. The Balaban J connectivity index is 2.47. The van der Waals surface area contributed by atoms with Gasteiger partial charge in [0.1, 0.15) is 5.60 Å². The molecule has 0 bridgehead atoms. The molecule has 0 aromatic heterocycles. The van der Waals surface area contributed by atoms with Crippen molar-refractivity contribution in [1.82, 2.24) is 0 Å². The minimum atomic E-state index is -0.599. The molecule has 0 radical (unpaired) electrons. The molecular weight excluding hydrogens is 232 g/mol. The van der Waals surface area contributed by atoms with E-state index in [0.717, 1.165) is 0 Å². The molecule has 0 fully saturated rings. The Bertz CT molecular complexity index is 489. The number of ketones is 1. The minimum Gasteiger partial charge on any atom is -0.502 e. The van der Waals surface area contributed by atoms with Gasteiger partial charge in [-0.3, -0.25) is 4.79 Å². The van der Waals surface area contributed by atoms with E-state index in [0.29, 0.717) is 17.7 Å². The summed E-state index contributed by atoms with van der Waals surface area (Å²) in [7, 11) is 0. The number of phenols is 1. The van der Waals surface area contributed by atoms with Gasteiger partial charge in [0.05, 0.1) is 18.1 Å². The van der Waals surface area contributed by atoms with Crippen molar-refractivity contribution < 1.29 is 19.4 Å². The Labute approximate surface area is 107 Å². The SMILES string of the molecule is CC(C)Oc1ccc2c(c1O)OC(C)(C)CC2=O. The molecule has 1 aromatic carbocycles. The fraction of sp³-hybridized carbons (Fsp3) is 0.500. The Hall–Kier alpha value is -1.71. The average molecular weight is 250 g/mol. The zero-order chi connectivity index (χ0) is 13.5. The van der Waals surface area contributed by atoms with E-state index in [1.54, 1.807) is 12.1 Å². The van der Waals surface area contributed by atoms with E-state index >= 15 is 0 Å². The van der Waals surface area contributed by atoms with Crippen LogP contribution in [0.3, 0.4) is 0 Å². The highest BCUT2D eigenvalue weighted by molar-refractivity contribution is 6.01. The van der Waals surface area contributed by atoms with Crippen LogP contribution in [0.2, 0.25) is 0 Å². The summed E-state index contributed by atoms with van der Waals surface area (Å²) in [6, 6.07) is 3.25. The van der Waals surface area contributed by atoms with Crippen LogP contribution in [0.4, 0.5) is 0 Å². The highest BCUT2D eigenvalue weighted by Gasteiger charge is 2.35. The van der Waals surface area contributed by atoms with Crippen LogP contribution in [-0.2, 0) is 0 Å². The monoisotopic (exact) mass is 250 g/mol. The van der Waals surface area contributed by atoms with Crippen LogP contribution in [0.25, 0.3) is 0 Å². The van der Waals surface area contributed by atoms with Gasteiger partial charge in [0, 0.05) is 0 Å². The normalized spacial score (nSPS) is 17.3. The van der Waals surface area contributed by atoms with E-state index < -0.39 is 5.60 Å². The topological polar surface area (TPSA) is 55.8 Å². The Kier molecular flexibility index (Phi) is 2.97. The number of carbonyl (C=O) groups is 1. The van der Waals surface area contributed by atoms with E-state index in [1.165, 1.54) is 0 Å². The van der Waals surface area contributed by atoms with Gasteiger partial charge in [-0.2, -0.15) is 0 Å². The maximum Gasteiger partial charge on any atom is 0.201 e. The van der Waals surface area contributed by atoms with E-state index in [1.807, 2.05) is 27.7 Å². The number of phenolic OH excluding ortho intramolecular Hbond substituents is 1. The molecule has 1 heterocycles. The number of carbonyl (C=O) groups excluding carboxylic acids is 1. The van der Waals surface area contributed by atoms with E-state index in [-0.39, 0.29) is 23.4 Å². The molecule has 0 aliphatic carbocycles. The molecular formula is C14H18O4. The first kappa shape index (κ1) is 12.7. The van der Waals surface area contributed by atoms with Crippen molar-refractivity contribution in [2.45, 2.75) is 45.8 Å². The second kappa shape index (κ2) is 4.19. The largest absolute Gasteiger partial charge is 0.502 e. The van der Waals surface area contributed by atoms with Crippen molar-refractivity contribution in [3.05, 3.63) is 17.7 Å². The number of fused-ring (bicyclic) bond motifs is 1. The predicted molar refractivity (Wildman–Crippen MR) is 67.5 cm³/mol. The maximum absolute atomic E-state index is 12.0. The third-order valence-corrected chi connectivity index (χ3v) is 2.72. The fourth-order valence-electron chi connectivity index (χ4n) is 2.02. The molecule has 0 amide bonds. The van der Waals surface area contributed by atoms with Crippen molar-refractivity contribution in [3.63, 3.8) is 0 Å². The number of benzene rings is 1. The van der Waals surface area contributed by atoms with Crippen molar-refractivity contribution in [2.24, 2.45) is 0 Å². The van der Waals surface area contributed by atoms with E-state index in [9.17, 15) is 9.90 Å². The van der Waals surface area contributed by atoms with Crippen molar-refractivity contribution >= 4 is 5.78 Å². The molecule has 4 nitrogen and oxygen atoms in total. The lowest BCUT2D eigenvalue weighted by atomic mass is 9.93. The molecule has 1 aromatic rings. The zero-order valence-electron chi connectivity index (χ0n) is 11.1. The summed E-state index contributed by atoms with van der Waals surface area (Å²) in [5.41, 5.74) is -0.180. The number of hydrogen-bond acceptors (Lipinski definition) is 4. The molecule has 18 heavy (non-hydrogen) atoms. The Morgan fingerprint density at radius 1 is 1.39 bits per heavy atom. The number of ether oxygens (including phenoxy) is 2. The third-order valence-electron chi connectivity index (χ3n) is 2.72. The quantitative estimate of drug-likeness (QED) is 0.876. The van der Waals surface area contributed by atoms with Crippen molar-refractivity contribution in [1.29, 1.82) is 0 Å². The van der Waals surface area contributed by atoms with E-state index in [4.69, 9.17) is 9.47 Å². The number of rotatable bonds is 2. The average Bonchev–Trinajstić information content (AvgIpc) is 2.21. The molecule has 0 saturated heterocycles. The fourth-order valence-corrected chi connectivity index (χ4v) is 2.02. The molecule has 98 valence electrons. The molecule has 2 rings (SSSR count). The van der Waals surface area contributed by atoms with Crippen LogP contribution in [0.5, 0.6) is 17.2 Å². The summed E-state index contributed by atoms with van der Waals surface area (Å²) in [6.07, 6.45) is 0.255. The number of Topliss-reactive ketones (excluding diaryl/α,β-unsaturated/α-hetero) is 1. The van der Waals surface area contributed by atoms with Crippen LogP contribution >= 0.6 is 0 Å². The number of hydrogen-bond donors (Lipinski definition) is 1. The summed E-state index contributed by atoms with van der Waals surface area (Å²) in [4.78, 5) is 12.0. The minimum absolute atomic E-state index is 0.0207. The lowest BCUT2D eigenvalue weighted by Gasteiger charge is -2.32. The molecule has 0 atom stereocenters. The van der Waals surface area contributed by atoms with Crippen molar-refractivity contribution in [2.75, 3.05) is 0 Å². The second-order valence-electron chi connectivity index (χ2n) is 5.42. The molecule has 1 aliphatic rings. The highest BCUT2D eigenvalue weighted by Crippen LogP contribution is 2.44. The zero-order valence-corrected chi connectivity index (χ0v) is 11.1. The molecule has 0 unspecified atom stereocenters. The maximum atomic E-state index is 12.0. The molecule has 1 aliphatic heterocycles. The van der Waals surface area contributed by atoms with Gasteiger partial charge in [0.15, 0.2) is 17.3 Å². The Morgan fingerprint density at radius 3 is 2.67 bits per heavy atom. The molecule has 0 saturated carbocycles. The first-order valence-electron chi connectivity index (χ1n) is 6.05. The molecule has 4 heteroatoms. The molecule has 1 N–H and O–H groups in total. The van der Waals surface area contributed by atoms with Crippen LogP contribution in [0.15, 0.2) is 12.1 Å². The third kappa shape index (κ3) is 2.28. The molecule has 0 spiro atoms. The van der Waals surface area contributed by atoms with E-state index in [2.05, 4.69) is 0 Å². The summed E-state index contributed by atoms with van der Waals surface area (Å²) < 4.78 is 11.2. The summed E-state index contributed by atoms with van der Waals surface area (Å²) in [5, 5.41) is 10.1. The van der Waals surface area contributed by atoms with Crippen LogP contribution in [-0.4, -0.2) is 22.6 Å². The van der Waals surface area contributed by atoms with Gasteiger partial charge in [-0.1, -0.05) is 0 Å². The van der Waals surface area contributed by atoms with Gasteiger partial charge in [-0.25, -0.2) is 0 Å². The lowest BCUT2D eigenvalue weighted by molar-refractivity contribution is 0.0596. The van der Waals surface area contributed by atoms with Gasteiger partial charge >= 0.3 is 0 Å². The predicted octanol–water partition coefficient (Wildman–Crippen LogP) is 2.92. The van der Waals surface area contributed by atoms with Gasteiger partial charge in [-0.05, 0) is 39.8 Å². The smallest absolute Gasteiger partial charge is 0.201 e. The van der Waals surface area contributed by atoms with Crippen molar-refractivity contribution in [3.8, 4) is 17.2 Å². The van der Waals surface area contributed by atoms with Gasteiger partial charge < -0.3 is 14.6 Å². The van der Waals surface area contributed by atoms with Gasteiger partial charge in [-0.15, -0.1) is 0 Å². The first-order valence-corrected chi connectivity index (χ1v) is 6.05. The summed E-state index contributed by atoms with van der Waals surface area (Å²) in [5.74, 6) is 0.457. The van der Waals surface area contributed by atoms with Gasteiger partial charge in [0.2, 0.25) is 5.75 Å². The Morgan fingerprint density at radius 2 is 2.06 bits per heavy atom.